The minimum absolute atomic E-state index is 0.0302. The molecule has 0 aromatic heterocycles. The Morgan fingerprint density at radius 2 is 0.861 bits per heavy atom. The molecule has 0 atom stereocenters. The van der Waals surface area contributed by atoms with Gasteiger partial charge < -0.3 is 9.47 Å². The molecule has 0 heterocycles. The Morgan fingerprint density at radius 3 is 1.22 bits per heavy atom. The van der Waals surface area contributed by atoms with Crippen LogP contribution in [0.4, 0.5) is 0 Å². The first-order valence-corrected chi connectivity index (χ1v) is 13.5. The van der Waals surface area contributed by atoms with E-state index in [1.165, 1.54) is 12.1 Å². The molecule has 0 saturated carbocycles. The van der Waals surface area contributed by atoms with Crippen LogP contribution in [-0.2, 0) is 0 Å². The maximum atomic E-state index is 13.8. The number of ketones is 1. The second-order valence-corrected chi connectivity index (χ2v) is 10.6. The number of halogens is 4. The standard InChI is InChI=1S/C27H14Br4O5/c28-19-13-11-17(24(21(19)30)35-26(33)15-7-3-1-4-8-15)23(32)18-12-14-20(29)22(31)25(18)36-27(34)16-9-5-2-6-10-16/h1-14H. The van der Waals surface area contributed by atoms with Gasteiger partial charge in [-0.1, -0.05) is 36.4 Å². The summed E-state index contributed by atoms with van der Waals surface area (Å²) >= 11 is 13.6. The number of benzene rings is 4. The third kappa shape index (κ3) is 5.70. The van der Waals surface area contributed by atoms with Crippen molar-refractivity contribution in [1.29, 1.82) is 0 Å². The Balaban J connectivity index is 1.77. The molecule has 4 rings (SSSR count). The lowest BCUT2D eigenvalue weighted by Gasteiger charge is -2.16. The van der Waals surface area contributed by atoms with Crippen LogP contribution in [-0.4, -0.2) is 17.7 Å². The topological polar surface area (TPSA) is 69.7 Å². The highest BCUT2D eigenvalue weighted by Crippen LogP contribution is 2.41. The van der Waals surface area contributed by atoms with Gasteiger partial charge in [0.25, 0.3) is 0 Å². The first kappa shape index (κ1) is 26.5. The van der Waals surface area contributed by atoms with Gasteiger partial charge in [0.05, 0.1) is 31.2 Å². The van der Waals surface area contributed by atoms with Gasteiger partial charge in [0.2, 0.25) is 5.78 Å². The molecule has 4 aromatic rings. The molecular weight excluding hydrogens is 724 g/mol. The Kier molecular flexibility index (Phi) is 8.56. The molecule has 0 radical (unpaired) electrons. The summed E-state index contributed by atoms with van der Waals surface area (Å²) in [6, 6.07) is 23.2. The normalized spacial score (nSPS) is 10.6. The van der Waals surface area contributed by atoms with Crippen molar-refractivity contribution in [3.05, 3.63) is 125 Å². The van der Waals surface area contributed by atoms with E-state index in [0.29, 0.717) is 29.0 Å². The molecule has 0 aliphatic rings. The lowest BCUT2D eigenvalue weighted by Crippen LogP contribution is -2.15. The predicted molar refractivity (Wildman–Crippen MR) is 150 cm³/mol. The summed E-state index contributed by atoms with van der Waals surface area (Å²) in [7, 11) is 0. The molecule has 5 nitrogen and oxygen atoms in total. The molecular formula is C27H14Br4O5. The summed E-state index contributed by atoms with van der Waals surface area (Å²) in [5.41, 5.74) is 0.847. The van der Waals surface area contributed by atoms with Crippen LogP contribution in [0.5, 0.6) is 11.5 Å². The van der Waals surface area contributed by atoms with Gasteiger partial charge in [0, 0.05) is 8.95 Å². The third-order valence-corrected chi connectivity index (χ3v) is 8.96. The van der Waals surface area contributed by atoms with E-state index in [0.717, 1.165) is 0 Å². The van der Waals surface area contributed by atoms with Crippen LogP contribution in [0, 0.1) is 0 Å². The highest BCUT2D eigenvalue weighted by molar-refractivity contribution is 9.13. The molecule has 0 bridgehead atoms. The van der Waals surface area contributed by atoms with Gasteiger partial charge in [-0.2, -0.15) is 0 Å². The third-order valence-electron chi connectivity index (χ3n) is 5.00. The van der Waals surface area contributed by atoms with Gasteiger partial charge in [0.15, 0.2) is 11.5 Å². The first-order chi connectivity index (χ1) is 17.3. The molecule has 0 aliphatic carbocycles. The average Bonchev–Trinajstić information content (AvgIpc) is 2.90. The predicted octanol–water partition coefficient (Wildman–Crippen LogP) is 8.41. The van der Waals surface area contributed by atoms with E-state index in [9.17, 15) is 14.4 Å². The van der Waals surface area contributed by atoms with Gasteiger partial charge in [-0.05, 0) is 112 Å². The van der Waals surface area contributed by atoms with Crippen LogP contribution in [0.3, 0.4) is 0 Å². The molecule has 0 unspecified atom stereocenters. The fourth-order valence-corrected chi connectivity index (χ4v) is 4.70. The van der Waals surface area contributed by atoms with Crippen LogP contribution in [0.2, 0.25) is 0 Å². The number of carbonyl (C=O) groups excluding carboxylic acids is 3. The second-order valence-electron chi connectivity index (χ2n) is 7.32. The molecule has 0 aliphatic heterocycles. The smallest absolute Gasteiger partial charge is 0.343 e. The zero-order valence-corrected chi connectivity index (χ0v) is 24.5. The maximum absolute atomic E-state index is 13.8. The molecule has 4 aromatic carbocycles. The summed E-state index contributed by atoms with van der Waals surface area (Å²) in [6.07, 6.45) is 0. The highest BCUT2D eigenvalue weighted by Gasteiger charge is 2.27. The van der Waals surface area contributed by atoms with Crippen molar-refractivity contribution in [3.63, 3.8) is 0 Å². The quantitative estimate of drug-likeness (QED) is 0.113. The van der Waals surface area contributed by atoms with Gasteiger partial charge in [-0.15, -0.1) is 0 Å². The van der Waals surface area contributed by atoms with E-state index in [2.05, 4.69) is 63.7 Å². The van der Waals surface area contributed by atoms with Crippen molar-refractivity contribution in [2.75, 3.05) is 0 Å². The van der Waals surface area contributed by atoms with Crippen LogP contribution < -0.4 is 9.47 Å². The number of esters is 2. The van der Waals surface area contributed by atoms with Crippen molar-refractivity contribution < 1.29 is 23.9 Å². The van der Waals surface area contributed by atoms with E-state index in [1.807, 2.05) is 0 Å². The van der Waals surface area contributed by atoms with Crippen molar-refractivity contribution in [2.24, 2.45) is 0 Å². The van der Waals surface area contributed by atoms with E-state index in [-0.39, 0.29) is 22.6 Å². The first-order valence-electron chi connectivity index (χ1n) is 10.3. The lowest BCUT2D eigenvalue weighted by atomic mass is 10.0. The van der Waals surface area contributed by atoms with Crippen molar-refractivity contribution >= 4 is 81.4 Å². The van der Waals surface area contributed by atoms with Gasteiger partial charge in [-0.3, -0.25) is 4.79 Å². The summed E-state index contributed by atoms with van der Waals surface area (Å²) in [6.45, 7) is 0. The van der Waals surface area contributed by atoms with E-state index in [1.54, 1.807) is 72.8 Å². The number of hydrogen-bond donors (Lipinski definition) is 0. The van der Waals surface area contributed by atoms with Crippen molar-refractivity contribution in [2.45, 2.75) is 0 Å². The van der Waals surface area contributed by atoms with Crippen LogP contribution >= 0.6 is 63.7 Å². The van der Waals surface area contributed by atoms with Crippen LogP contribution in [0.15, 0.2) is 103 Å². The number of rotatable bonds is 6. The average molecular weight is 738 g/mol. The van der Waals surface area contributed by atoms with Crippen LogP contribution in [0.1, 0.15) is 36.6 Å². The minimum Gasteiger partial charge on any atom is -0.421 e. The second kappa shape index (κ2) is 11.6. The molecule has 36 heavy (non-hydrogen) atoms. The zero-order chi connectivity index (χ0) is 25.8. The molecule has 9 heteroatoms. The number of ether oxygens (including phenoxy) is 2. The zero-order valence-electron chi connectivity index (χ0n) is 18.1. The van der Waals surface area contributed by atoms with Crippen LogP contribution in [0.25, 0.3) is 0 Å². The van der Waals surface area contributed by atoms with E-state index in [4.69, 9.17) is 9.47 Å². The number of hydrogen-bond acceptors (Lipinski definition) is 5. The van der Waals surface area contributed by atoms with E-state index < -0.39 is 17.7 Å². The maximum Gasteiger partial charge on any atom is 0.343 e. The fraction of sp³-hybridized carbons (Fsp3) is 0. The molecule has 0 spiro atoms. The van der Waals surface area contributed by atoms with E-state index >= 15 is 0 Å². The largest absolute Gasteiger partial charge is 0.421 e. The summed E-state index contributed by atoms with van der Waals surface area (Å²) in [4.78, 5) is 39.4. The lowest BCUT2D eigenvalue weighted by molar-refractivity contribution is 0.0724. The summed E-state index contributed by atoms with van der Waals surface area (Å²) < 4.78 is 13.3. The fourth-order valence-electron chi connectivity index (χ4n) is 3.22. The summed E-state index contributed by atoms with van der Waals surface area (Å²) in [5, 5.41) is 0. The summed E-state index contributed by atoms with van der Waals surface area (Å²) in [5.74, 6) is -1.71. The monoisotopic (exact) mass is 734 g/mol. The Labute approximate surface area is 240 Å². The van der Waals surface area contributed by atoms with Gasteiger partial charge in [-0.25, -0.2) is 9.59 Å². The minimum atomic E-state index is -0.629. The molecule has 0 N–H and O–H groups in total. The molecule has 0 fully saturated rings. The Hall–Kier alpha value is -2.59. The van der Waals surface area contributed by atoms with Gasteiger partial charge >= 0.3 is 11.9 Å². The molecule has 0 amide bonds. The highest BCUT2D eigenvalue weighted by atomic mass is 79.9. The van der Waals surface area contributed by atoms with Crippen molar-refractivity contribution in [1.82, 2.24) is 0 Å². The van der Waals surface area contributed by atoms with Crippen molar-refractivity contribution in [3.8, 4) is 11.5 Å². The number of carbonyl (C=O) groups is 3. The Bertz CT molecular complexity index is 1360. The Morgan fingerprint density at radius 1 is 0.500 bits per heavy atom. The van der Waals surface area contributed by atoms with Gasteiger partial charge in [0.1, 0.15) is 0 Å². The molecule has 0 saturated heterocycles. The SMILES string of the molecule is O=C(Oc1c(C(=O)c2ccc(Br)c(Br)c2OC(=O)c2ccccc2)ccc(Br)c1Br)c1ccccc1. The molecule has 180 valence electrons.